The monoisotopic (exact) mass is 167 g/mol. The first-order valence-electron chi connectivity index (χ1n) is 4.91. The van der Waals surface area contributed by atoms with E-state index >= 15 is 0 Å². The standard InChI is InChI=1S/C11H19O/c1-2-3-4-5-6-7-8-9-10-11-12/h7-8H,2-6,9-10H2,1H3. The van der Waals surface area contributed by atoms with Crippen molar-refractivity contribution < 1.29 is 4.79 Å². The third-order valence-corrected chi connectivity index (χ3v) is 1.80. The molecule has 0 bridgehead atoms. The van der Waals surface area contributed by atoms with Crippen molar-refractivity contribution in [2.24, 2.45) is 0 Å². The second kappa shape index (κ2) is 10.4. The summed E-state index contributed by atoms with van der Waals surface area (Å²) in [7, 11) is 0. The Labute approximate surface area is 75.9 Å². The predicted molar refractivity (Wildman–Crippen MR) is 52.8 cm³/mol. The van der Waals surface area contributed by atoms with Crippen molar-refractivity contribution in [2.75, 3.05) is 0 Å². The summed E-state index contributed by atoms with van der Waals surface area (Å²) >= 11 is 0. The molecule has 0 atom stereocenters. The van der Waals surface area contributed by atoms with Gasteiger partial charge in [-0.25, -0.2) is 0 Å². The Hall–Kier alpha value is -0.590. The maximum Gasteiger partial charge on any atom is 0.198 e. The van der Waals surface area contributed by atoms with Gasteiger partial charge in [-0.05, 0) is 19.3 Å². The van der Waals surface area contributed by atoms with E-state index in [1.54, 1.807) is 0 Å². The molecule has 0 unspecified atom stereocenters. The van der Waals surface area contributed by atoms with Crippen LogP contribution >= 0.6 is 0 Å². The minimum absolute atomic E-state index is 0.547. The summed E-state index contributed by atoms with van der Waals surface area (Å²) in [4.78, 5) is 9.82. The average Bonchev–Trinajstić information content (AvgIpc) is 2.10. The molecule has 1 heteroatoms. The smallest absolute Gasteiger partial charge is 0.198 e. The van der Waals surface area contributed by atoms with Gasteiger partial charge in [0, 0.05) is 6.42 Å². The first kappa shape index (κ1) is 11.4. The van der Waals surface area contributed by atoms with Gasteiger partial charge in [0.2, 0.25) is 0 Å². The molecule has 0 aliphatic rings. The molecule has 0 saturated heterocycles. The summed E-state index contributed by atoms with van der Waals surface area (Å²) in [6.45, 7) is 2.22. The lowest BCUT2D eigenvalue weighted by Crippen LogP contribution is -1.74. The van der Waals surface area contributed by atoms with Gasteiger partial charge in [-0.1, -0.05) is 38.3 Å². The van der Waals surface area contributed by atoms with Crippen molar-refractivity contribution in [2.45, 2.75) is 51.9 Å². The molecule has 0 aromatic rings. The average molecular weight is 167 g/mol. The third-order valence-electron chi connectivity index (χ3n) is 1.80. The van der Waals surface area contributed by atoms with Crippen LogP contribution in [0.25, 0.3) is 0 Å². The third kappa shape index (κ3) is 9.41. The van der Waals surface area contributed by atoms with E-state index in [0.29, 0.717) is 6.42 Å². The maximum atomic E-state index is 9.82. The minimum Gasteiger partial charge on any atom is -0.291 e. The van der Waals surface area contributed by atoms with Crippen LogP contribution in [0.15, 0.2) is 12.2 Å². The zero-order valence-corrected chi connectivity index (χ0v) is 8.01. The number of hydrogen-bond donors (Lipinski definition) is 0. The predicted octanol–water partition coefficient (Wildman–Crippen LogP) is 3.40. The first-order valence-corrected chi connectivity index (χ1v) is 4.91. The first-order chi connectivity index (χ1) is 5.91. The molecule has 69 valence electrons. The highest BCUT2D eigenvalue weighted by Gasteiger charge is 1.84. The van der Waals surface area contributed by atoms with Gasteiger partial charge >= 0.3 is 0 Å². The number of allylic oxidation sites excluding steroid dienone is 2. The second-order valence-corrected chi connectivity index (χ2v) is 3.00. The molecule has 12 heavy (non-hydrogen) atoms. The molecule has 1 radical (unpaired) electrons. The Morgan fingerprint density at radius 3 is 2.50 bits per heavy atom. The fourth-order valence-corrected chi connectivity index (χ4v) is 1.07. The van der Waals surface area contributed by atoms with E-state index in [1.165, 1.54) is 32.1 Å². The van der Waals surface area contributed by atoms with Gasteiger partial charge in [0.25, 0.3) is 0 Å². The molecule has 0 spiro atoms. The molecule has 0 fully saturated rings. The normalized spacial score (nSPS) is 10.8. The van der Waals surface area contributed by atoms with Crippen LogP contribution in [0.4, 0.5) is 0 Å². The maximum absolute atomic E-state index is 9.82. The Morgan fingerprint density at radius 2 is 1.83 bits per heavy atom. The zero-order chi connectivity index (χ0) is 9.07. The SMILES string of the molecule is CCCCCCC=CCC[C]=O. The van der Waals surface area contributed by atoms with Crippen LogP contribution < -0.4 is 0 Å². The molecule has 0 saturated carbocycles. The van der Waals surface area contributed by atoms with Gasteiger partial charge in [-0.3, -0.25) is 4.79 Å². The van der Waals surface area contributed by atoms with Crippen molar-refractivity contribution >= 4 is 6.29 Å². The molecular weight excluding hydrogens is 148 g/mol. The quantitative estimate of drug-likeness (QED) is 0.400. The Morgan fingerprint density at radius 1 is 1.08 bits per heavy atom. The fourth-order valence-electron chi connectivity index (χ4n) is 1.07. The number of hydrogen-bond acceptors (Lipinski definition) is 1. The van der Waals surface area contributed by atoms with Crippen molar-refractivity contribution in [1.29, 1.82) is 0 Å². The van der Waals surface area contributed by atoms with Crippen molar-refractivity contribution in [1.82, 2.24) is 0 Å². The molecule has 0 rings (SSSR count). The zero-order valence-electron chi connectivity index (χ0n) is 8.01. The summed E-state index contributed by atoms with van der Waals surface area (Å²) in [5.74, 6) is 0. The molecule has 0 aromatic heterocycles. The van der Waals surface area contributed by atoms with Gasteiger partial charge in [-0.15, -0.1) is 0 Å². The van der Waals surface area contributed by atoms with Gasteiger partial charge < -0.3 is 0 Å². The van der Waals surface area contributed by atoms with Gasteiger partial charge in [0.05, 0.1) is 0 Å². The van der Waals surface area contributed by atoms with Gasteiger partial charge in [0.1, 0.15) is 0 Å². The summed E-state index contributed by atoms with van der Waals surface area (Å²) in [5.41, 5.74) is 0. The van der Waals surface area contributed by atoms with Crippen LogP contribution in [0.5, 0.6) is 0 Å². The Kier molecular flexibility index (Phi) is 9.90. The van der Waals surface area contributed by atoms with E-state index in [-0.39, 0.29) is 0 Å². The van der Waals surface area contributed by atoms with E-state index in [9.17, 15) is 4.79 Å². The summed E-state index contributed by atoms with van der Waals surface area (Å²) in [6.07, 6.45) is 14.0. The summed E-state index contributed by atoms with van der Waals surface area (Å²) in [6, 6.07) is 0. The molecule has 0 aromatic carbocycles. The lowest BCUT2D eigenvalue weighted by atomic mass is 10.1. The summed E-state index contributed by atoms with van der Waals surface area (Å²) in [5, 5.41) is 0. The molecule has 0 aliphatic carbocycles. The molecule has 0 heterocycles. The molecule has 1 nitrogen and oxygen atoms in total. The van der Waals surface area contributed by atoms with Crippen LogP contribution in [-0.2, 0) is 4.79 Å². The number of rotatable bonds is 8. The van der Waals surface area contributed by atoms with E-state index in [2.05, 4.69) is 19.1 Å². The highest BCUT2D eigenvalue weighted by atomic mass is 16.1. The number of unbranched alkanes of at least 4 members (excludes halogenated alkanes) is 5. The van der Waals surface area contributed by atoms with Crippen molar-refractivity contribution in [3.8, 4) is 0 Å². The van der Waals surface area contributed by atoms with E-state index in [4.69, 9.17) is 0 Å². The number of carbonyl (C=O) groups excluding carboxylic acids is 1. The van der Waals surface area contributed by atoms with E-state index < -0.39 is 0 Å². The Balaban J connectivity index is 2.97. The highest BCUT2D eigenvalue weighted by molar-refractivity contribution is 5.50. The largest absolute Gasteiger partial charge is 0.291 e. The highest BCUT2D eigenvalue weighted by Crippen LogP contribution is 2.03. The Bertz CT molecular complexity index is 116. The van der Waals surface area contributed by atoms with Gasteiger partial charge in [0.15, 0.2) is 6.29 Å². The minimum atomic E-state index is 0.547. The molecular formula is C11H19O. The second-order valence-electron chi connectivity index (χ2n) is 3.00. The summed E-state index contributed by atoms with van der Waals surface area (Å²) < 4.78 is 0. The van der Waals surface area contributed by atoms with E-state index in [1.807, 2.05) is 6.29 Å². The van der Waals surface area contributed by atoms with Crippen molar-refractivity contribution in [3.63, 3.8) is 0 Å². The van der Waals surface area contributed by atoms with Gasteiger partial charge in [-0.2, -0.15) is 0 Å². The van der Waals surface area contributed by atoms with Crippen molar-refractivity contribution in [3.05, 3.63) is 12.2 Å². The van der Waals surface area contributed by atoms with E-state index in [0.717, 1.165) is 6.42 Å². The van der Waals surface area contributed by atoms with Crippen LogP contribution in [-0.4, -0.2) is 6.29 Å². The lowest BCUT2D eigenvalue weighted by molar-refractivity contribution is 0.551. The molecule has 0 amide bonds. The lowest BCUT2D eigenvalue weighted by Gasteiger charge is -1.93. The molecule has 0 N–H and O–H groups in total. The van der Waals surface area contributed by atoms with Crippen LogP contribution in [0, 0.1) is 0 Å². The van der Waals surface area contributed by atoms with Crippen LogP contribution in [0.1, 0.15) is 51.9 Å². The van der Waals surface area contributed by atoms with Crippen LogP contribution in [0.3, 0.4) is 0 Å². The van der Waals surface area contributed by atoms with Crippen LogP contribution in [0.2, 0.25) is 0 Å². The molecule has 0 aliphatic heterocycles. The fraction of sp³-hybridized carbons (Fsp3) is 0.727. The topological polar surface area (TPSA) is 17.1 Å².